The number of nitrogens with one attached hydrogen (secondary N) is 3. The maximum absolute atomic E-state index is 14.7. The van der Waals surface area contributed by atoms with Crippen molar-refractivity contribution >= 4 is 50.4 Å². The van der Waals surface area contributed by atoms with E-state index in [1.54, 1.807) is 31.4 Å². The Labute approximate surface area is 343 Å². The molecule has 0 spiro atoms. The van der Waals surface area contributed by atoms with Gasteiger partial charge in [-0.15, -0.1) is 0 Å². The summed E-state index contributed by atoms with van der Waals surface area (Å²) in [6.07, 6.45) is 6.63. The Morgan fingerprint density at radius 2 is 1.80 bits per heavy atom. The number of fused-ring (bicyclic) bond motifs is 5. The van der Waals surface area contributed by atoms with E-state index in [2.05, 4.69) is 15.4 Å². The molecular weight excluding hydrogens is 775 g/mol. The van der Waals surface area contributed by atoms with Crippen molar-refractivity contribution < 1.29 is 37.1 Å². The summed E-state index contributed by atoms with van der Waals surface area (Å²) >= 11 is 0. The minimum Gasteiger partial charge on any atom is -0.472 e. The number of nitrogens with zero attached hydrogens (tertiary/aromatic N) is 4. The van der Waals surface area contributed by atoms with Crippen LogP contribution in [0.15, 0.2) is 66.7 Å². The normalized spacial score (nSPS) is 25.9. The Morgan fingerprint density at radius 1 is 1.00 bits per heavy atom. The molecule has 0 unspecified atom stereocenters. The lowest BCUT2D eigenvalue weighted by atomic mass is 10.0. The van der Waals surface area contributed by atoms with Crippen LogP contribution in [0.3, 0.4) is 0 Å². The molecule has 4 aromatic rings. The molecule has 2 aliphatic heterocycles. The zero-order valence-electron chi connectivity index (χ0n) is 33.8. The quantitative estimate of drug-likeness (QED) is 0.211. The van der Waals surface area contributed by atoms with Crippen LogP contribution in [0.4, 0.5) is 4.79 Å². The van der Waals surface area contributed by atoms with Crippen LogP contribution in [0, 0.1) is 12.8 Å². The average molecular weight is 826 g/mol. The van der Waals surface area contributed by atoms with Gasteiger partial charge in [0.15, 0.2) is 5.65 Å². The summed E-state index contributed by atoms with van der Waals surface area (Å²) < 4.78 is 42.0. The molecule has 3 fully saturated rings. The van der Waals surface area contributed by atoms with Gasteiger partial charge in [0.25, 0.3) is 5.91 Å². The molecule has 1 saturated heterocycles. The zero-order chi connectivity index (χ0) is 41.7. The third-order valence-corrected chi connectivity index (χ3v) is 13.2. The van der Waals surface area contributed by atoms with Crippen LogP contribution in [0.5, 0.6) is 5.88 Å². The Balaban J connectivity index is 1.15. The Bertz CT molecular complexity index is 2460. The largest absolute Gasteiger partial charge is 0.472 e. The second-order valence-electron chi connectivity index (χ2n) is 17.3. The van der Waals surface area contributed by atoms with Gasteiger partial charge in [0.2, 0.25) is 27.7 Å². The number of hydrogen-bond donors (Lipinski definition) is 3. The van der Waals surface area contributed by atoms with Gasteiger partial charge in [-0.25, -0.2) is 18.2 Å². The SMILES string of the molecule is Cc1cccc(-c2cc(O[C@@H]3C[C@H]4C(=O)N[C@]5(C(=O)NS(=O)(=O)C6CC6)C[C@H]5/C=C\CCCCC[C@H](NC(=O)OC(C)(C)C)C(=O)N4C3)n3nc4ccccc4c3n2)c1. The Kier molecular flexibility index (Phi) is 10.6. The van der Waals surface area contributed by atoms with Gasteiger partial charge in [-0.05, 0) is 84.4 Å². The van der Waals surface area contributed by atoms with Gasteiger partial charge in [-0.3, -0.25) is 19.1 Å². The lowest BCUT2D eigenvalue weighted by Gasteiger charge is -2.30. The molecule has 15 nitrogen and oxygen atoms in total. The topological polar surface area (TPSA) is 190 Å². The van der Waals surface area contributed by atoms with E-state index in [0.717, 1.165) is 29.4 Å². The van der Waals surface area contributed by atoms with E-state index < -0.39 is 74.3 Å². The predicted molar refractivity (Wildman–Crippen MR) is 220 cm³/mol. The summed E-state index contributed by atoms with van der Waals surface area (Å²) in [5.41, 5.74) is 1.50. The fraction of sp³-hybridized carbons (Fsp3) is 0.488. The maximum Gasteiger partial charge on any atom is 0.408 e. The molecule has 2 aromatic heterocycles. The molecule has 2 saturated carbocycles. The third-order valence-electron chi connectivity index (χ3n) is 11.4. The lowest BCUT2D eigenvalue weighted by molar-refractivity contribution is -0.141. The van der Waals surface area contributed by atoms with Crippen molar-refractivity contribution in [3.63, 3.8) is 0 Å². The number of sulfonamides is 1. The molecule has 312 valence electrons. The standard InChI is InChI=1S/C43H51N7O8S/c1-26-13-12-14-27(21-26)34-23-36(50-37(44-34)31-16-10-11-17-32(31)47-50)57-29-22-35-38(51)46-43(40(53)48-59(55,56)30-19-20-30)24-28(43)15-8-6-5-7-9-18-33(39(52)49(35)25-29)45-41(54)58-42(2,3)4/h8,10-17,21,23,28-30,33,35H,5-7,9,18-20,22,24-25H2,1-4H3,(H,45,54)(H,46,51)(H,48,53)/b15-8-/t28-,29-,33+,35+,43-/m1/s1. The van der Waals surface area contributed by atoms with Gasteiger partial charge >= 0.3 is 6.09 Å². The number of carbonyl (C=O) groups is 4. The fourth-order valence-electron chi connectivity index (χ4n) is 8.11. The van der Waals surface area contributed by atoms with Crippen molar-refractivity contribution in [1.82, 2.24) is 34.9 Å². The van der Waals surface area contributed by atoms with Gasteiger partial charge in [0.05, 0.1) is 23.0 Å². The van der Waals surface area contributed by atoms with E-state index in [1.807, 2.05) is 67.6 Å². The van der Waals surface area contributed by atoms with Crippen LogP contribution in [-0.4, -0.2) is 92.9 Å². The van der Waals surface area contributed by atoms with Crippen molar-refractivity contribution in [3.8, 4) is 17.1 Å². The molecule has 3 N–H and O–H groups in total. The van der Waals surface area contributed by atoms with Gasteiger partial charge in [0, 0.05) is 29.4 Å². The summed E-state index contributed by atoms with van der Waals surface area (Å²) in [6.45, 7) is 7.16. The molecule has 59 heavy (non-hydrogen) atoms. The number of hydrogen-bond acceptors (Lipinski definition) is 10. The number of carbonyl (C=O) groups excluding carboxylic acids is 4. The molecule has 4 heterocycles. The molecule has 2 aromatic carbocycles. The number of alkyl carbamates (subject to hydrolysis) is 1. The number of benzene rings is 2. The van der Waals surface area contributed by atoms with Gasteiger partial charge in [-0.1, -0.05) is 60.9 Å². The summed E-state index contributed by atoms with van der Waals surface area (Å²) in [5.74, 6) is -2.01. The van der Waals surface area contributed by atoms with E-state index in [-0.39, 0.29) is 19.4 Å². The van der Waals surface area contributed by atoms with Crippen LogP contribution < -0.4 is 20.1 Å². The van der Waals surface area contributed by atoms with E-state index in [0.29, 0.717) is 54.8 Å². The maximum atomic E-state index is 14.7. The van der Waals surface area contributed by atoms with Gasteiger partial charge in [0.1, 0.15) is 29.3 Å². The number of aryl methyl sites for hydroxylation is 1. The first-order chi connectivity index (χ1) is 28.1. The van der Waals surface area contributed by atoms with Crippen molar-refractivity contribution in [2.75, 3.05) is 6.54 Å². The first-order valence-electron chi connectivity index (χ1n) is 20.5. The highest BCUT2D eigenvalue weighted by molar-refractivity contribution is 7.91. The Hall–Kier alpha value is -5.51. The summed E-state index contributed by atoms with van der Waals surface area (Å²) in [6, 6.07) is 15.2. The van der Waals surface area contributed by atoms with Crippen LogP contribution in [0.1, 0.15) is 84.1 Å². The van der Waals surface area contributed by atoms with E-state index in [9.17, 15) is 27.6 Å². The molecule has 0 bridgehead atoms. The van der Waals surface area contributed by atoms with Crippen LogP contribution in [0.25, 0.3) is 27.8 Å². The highest BCUT2D eigenvalue weighted by Crippen LogP contribution is 2.46. The zero-order valence-corrected chi connectivity index (χ0v) is 34.6. The minimum atomic E-state index is -3.91. The average Bonchev–Trinajstić information content (AvgIpc) is 4.07. The molecule has 2 aliphatic carbocycles. The number of allylic oxidation sites excluding steroid dienone is 1. The summed E-state index contributed by atoms with van der Waals surface area (Å²) in [7, 11) is -3.91. The first-order valence-corrected chi connectivity index (χ1v) is 22.0. The number of rotatable bonds is 7. The smallest absolute Gasteiger partial charge is 0.408 e. The molecule has 0 radical (unpaired) electrons. The monoisotopic (exact) mass is 825 g/mol. The first kappa shape index (κ1) is 40.3. The van der Waals surface area contributed by atoms with Crippen LogP contribution in [0.2, 0.25) is 0 Å². The summed E-state index contributed by atoms with van der Waals surface area (Å²) in [4.78, 5) is 62.7. The molecule has 4 aliphatic rings. The van der Waals surface area contributed by atoms with Crippen LogP contribution >= 0.6 is 0 Å². The highest BCUT2D eigenvalue weighted by Gasteiger charge is 2.62. The van der Waals surface area contributed by atoms with Gasteiger partial charge in [-0.2, -0.15) is 9.61 Å². The highest BCUT2D eigenvalue weighted by atomic mass is 32.2. The summed E-state index contributed by atoms with van der Waals surface area (Å²) in [5, 5.41) is 10.7. The lowest BCUT2D eigenvalue weighted by Crippen LogP contribution is -2.58. The van der Waals surface area contributed by atoms with Gasteiger partial charge < -0.3 is 25.0 Å². The van der Waals surface area contributed by atoms with Crippen molar-refractivity contribution in [3.05, 3.63) is 72.3 Å². The second kappa shape index (κ2) is 15.6. The molecule has 5 atom stereocenters. The van der Waals surface area contributed by atoms with E-state index in [1.165, 1.54) is 4.90 Å². The molecule has 8 rings (SSSR count). The van der Waals surface area contributed by atoms with Crippen molar-refractivity contribution in [2.24, 2.45) is 5.92 Å². The molecule has 16 heteroatoms. The molecular formula is C43H51N7O8S. The predicted octanol–water partition coefficient (Wildman–Crippen LogP) is 5.10. The second-order valence-corrected chi connectivity index (χ2v) is 19.3. The molecule has 4 amide bonds. The fourth-order valence-corrected chi connectivity index (χ4v) is 9.47. The van der Waals surface area contributed by atoms with E-state index in [4.69, 9.17) is 19.6 Å². The number of aromatic nitrogens is 3. The van der Waals surface area contributed by atoms with Crippen molar-refractivity contribution in [1.29, 1.82) is 0 Å². The number of ether oxygens (including phenoxy) is 2. The van der Waals surface area contributed by atoms with Crippen LogP contribution in [-0.2, 0) is 29.1 Å². The van der Waals surface area contributed by atoms with Crippen molar-refractivity contribution in [2.45, 2.75) is 120 Å². The Morgan fingerprint density at radius 3 is 2.56 bits per heavy atom. The van der Waals surface area contributed by atoms with E-state index >= 15 is 0 Å². The minimum absolute atomic E-state index is 0.0275. The third kappa shape index (κ3) is 8.63. The number of amides is 4.